The number of benzene rings is 1. The Balaban J connectivity index is 2.02. The second-order valence-electron chi connectivity index (χ2n) is 6.55. The number of nitrogens with one attached hydrogen (secondary N) is 1. The molecule has 1 N–H and O–H groups in total. The summed E-state index contributed by atoms with van der Waals surface area (Å²) in [7, 11) is -1.85. The molecular weight excluding hydrogens is 407 g/mol. The summed E-state index contributed by atoms with van der Waals surface area (Å²) in [6, 6.07) is 2.46. The average Bonchev–Trinajstić information content (AvgIpc) is 2.54. The molecule has 0 saturated carbocycles. The zero-order valence-electron chi connectivity index (χ0n) is 14.9. The molecule has 1 saturated heterocycles. The molecule has 0 bridgehead atoms. The Kier molecular flexibility index (Phi) is 6.77. The second kappa shape index (κ2) is 8.34. The van der Waals surface area contributed by atoms with Crippen LogP contribution in [0.4, 0.5) is 18.9 Å². The Morgan fingerprint density at radius 2 is 2.07 bits per heavy atom. The molecule has 1 aromatic rings. The summed E-state index contributed by atoms with van der Waals surface area (Å²) in [5.41, 5.74) is -1.02. The van der Waals surface area contributed by atoms with Crippen LogP contribution in [-0.2, 0) is 21.0 Å². The highest BCUT2D eigenvalue weighted by molar-refractivity contribution is 7.88. The first-order valence-electron chi connectivity index (χ1n) is 8.20. The maximum Gasteiger partial charge on any atom is 0.416 e. The summed E-state index contributed by atoms with van der Waals surface area (Å²) in [6.45, 7) is 0.895. The molecule has 27 heavy (non-hydrogen) atoms. The number of carbonyl (C=O) groups is 1. The van der Waals surface area contributed by atoms with Crippen molar-refractivity contribution in [3.63, 3.8) is 0 Å². The van der Waals surface area contributed by atoms with Crippen LogP contribution >= 0.6 is 11.6 Å². The van der Waals surface area contributed by atoms with Crippen LogP contribution < -0.4 is 5.32 Å². The lowest BCUT2D eigenvalue weighted by atomic mass is 10.1. The number of anilines is 1. The summed E-state index contributed by atoms with van der Waals surface area (Å²) in [4.78, 5) is 14.0. The van der Waals surface area contributed by atoms with Gasteiger partial charge in [-0.15, -0.1) is 0 Å². The number of piperidine rings is 1. The van der Waals surface area contributed by atoms with Crippen molar-refractivity contribution in [1.82, 2.24) is 9.21 Å². The third kappa shape index (κ3) is 6.06. The number of halogens is 4. The van der Waals surface area contributed by atoms with Gasteiger partial charge in [-0.05, 0) is 37.6 Å². The van der Waals surface area contributed by atoms with Crippen molar-refractivity contribution in [2.75, 3.05) is 38.3 Å². The molecule has 2 rings (SSSR count). The first kappa shape index (κ1) is 21.9. The average molecular weight is 428 g/mol. The first-order chi connectivity index (χ1) is 12.4. The van der Waals surface area contributed by atoms with E-state index in [1.807, 2.05) is 0 Å². The smallest absolute Gasteiger partial charge is 0.324 e. The summed E-state index contributed by atoms with van der Waals surface area (Å²) in [5, 5.41) is 2.40. The number of sulfonamides is 1. The van der Waals surface area contributed by atoms with E-state index in [0.717, 1.165) is 24.5 Å². The van der Waals surface area contributed by atoms with Crippen molar-refractivity contribution in [2.24, 2.45) is 0 Å². The lowest BCUT2D eigenvalue weighted by Gasteiger charge is -2.36. The highest BCUT2D eigenvalue weighted by Crippen LogP contribution is 2.33. The normalized spacial score (nSPS) is 19.3. The maximum atomic E-state index is 12.8. The van der Waals surface area contributed by atoms with E-state index >= 15 is 0 Å². The fourth-order valence-electron chi connectivity index (χ4n) is 2.93. The van der Waals surface area contributed by atoms with Gasteiger partial charge < -0.3 is 5.32 Å². The van der Waals surface area contributed by atoms with E-state index in [-0.39, 0.29) is 23.3 Å². The Hall–Kier alpha value is -1.36. The quantitative estimate of drug-likeness (QED) is 0.784. The van der Waals surface area contributed by atoms with Crippen LogP contribution in [-0.4, -0.2) is 62.5 Å². The summed E-state index contributed by atoms with van der Waals surface area (Å²) < 4.78 is 63.0. The van der Waals surface area contributed by atoms with Gasteiger partial charge in [0.1, 0.15) is 0 Å². The number of hydrogen-bond acceptors (Lipinski definition) is 4. The minimum Gasteiger partial charge on any atom is -0.324 e. The molecule has 1 aliphatic rings. The third-order valence-electron chi connectivity index (χ3n) is 4.45. The number of amides is 1. The zero-order chi connectivity index (χ0) is 20.4. The van der Waals surface area contributed by atoms with E-state index in [1.165, 1.54) is 11.4 Å². The van der Waals surface area contributed by atoms with Crippen molar-refractivity contribution in [2.45, 2.75) is 25.1 Å². The van der Waals surface area contributed by atoms with E-state index < -0.39 is 27.7 Å². The molecule has 0 radical (unpaired) electrons. The first-order valence-corrected chi connectivity index (χ1v) is 10.4. The monoisotopic (exact) mass is 427 g/mol. The van der Waals surface area contributed by atoms with Gasteiger partial charge in [0.05, 0.1) is 29.1 Å². The highest BCUT2D eigenvalue weighted by Gasteiger charge is 2.31. The van der Waals surface area contributed by atoms with E-state index in [2.05, 4.69) is 5.32 Å². The molecule has 1 fully saturated rings. The van der Waals surface area contributed by atoms with Crippen LogP contribution in [0.3, 0.4) is 0 Å². The van der Waals surface area contributed by atoms with E-state index in [4.69, 9.17) is 11.6 Å². The molecule has 1 amide bonds. The SMILES string of the molecule is CN(C1CCCN(CC(=O)Nc2cc(C(F)(F)F)ccc2Cl)C1)S(C)(=O)=O. The number of nitrogens with zero attached hydrogens (tertiary/aromatic N) is 2. The number of likely N-dealkylation sites (tertiary alicyclic amines) is 1. The predicted molar refractivity (Wildman–Crippen MR) is 97.2 cm³/mol. The molecule has 1 heterocycles. The van der Waals surface area contributed by atoms with Crippen molar-refractivity contribution in [3.05, 3.63) is 28.8 Å². The van der Waals surface area contributed by atoms with Crippen LogP contribution in [0.25, 0.3) is 0 Å². The highest BCUT2D eigenvalue weighted by atomic mass is 35.5. The molecule has 11 heteroatoms. The molecule has 1 aliphatic heterocycles. The Morgan fingerprint density at radius 1 is 1.41 bits per heavy atom. The van der Waals surface area contributed by atoms with Crippen molar-refractivity contribution in [1.29, 1.82) is 0 Å². The van der Waals surface area contributed by atoms with Gasteiger partial charge in [-0.2, -0.15) is 13.2 Å². The van der Waals surface area contributed by atoms with Gasteiger partial charge in [0.25, 0.3) is 0 Å². The minimum atomic E-state index is -4.54. The van der Waals surface area contributed by atoms with Crippen LogP contribution in [0.1, 0.15) is 18.4 Å². The standard InChI is InChI=1S/C16H21ClF3N3O3S/c1-22(27(2,25)26)12-4-3-7-23(9-12)10-15(24)21-14-8-11(16(18,19)20)5-6-13(14)17/h5-6,8,12H,3-4,7,9-10H2,1-2H3,(H,21,24). The van der Waals surface area contributed by atoms with Crippen LogP contribution in [0.15, 0.2) is 18.2 Å². The second-order valence-corrected chi connectivity index (χ2v) is 9.00. The number of rotatable bonds is 5. The van der Waals surface area contributed by atoms with Crippen molar-refractivity contribution < 1.29 is 26.4 Å². The summed E-state index contributed by atoms with van der Waals surface area (Å²) in [5.74, 6) is -0.515. The third-order valence-corrected chi connectivity index (χ3v) is 6.13. The van der Waals surface area contributed by atoms with E-state index in [9.17, 15) is 26.4 Å². The topological polar surface area (TPSA) is 69.7 Å². The Bertz CT molecular complexity index is 802. The van der Waals surface area contributed by atoms with Gasteiger partial charge in [-0.3, -0.25) is 9.69 Å². The molecule has 1 unspecified atom stereocenters. The molecular formula is C16H21ClF3N3O3S. The van der Waals surface area contributed by atoms with Gasteiger partial charge in [-0.1, -0.05) is 11.6 Å². The van der Waals surface area contributed by atoms with E-state index in [1.54, 1.807) is 4.90 Å². The van der Waals surface area contributed by atoms with Gasteiger partial charge in [0.15, 0.2) is 0 Å². The lowest BCUT2D eigenvalue weighted by molar-refractivity contribution is -0.137. The minimum absolute atomic E-state index is 0.00433. The van der Waals surface area contributed by atoms with Gasteiger partial charge in [-0.25, -0.2) is 12.7 Å². The fourth-order valence-corrected chi connectivity index (χ4v) is 3.81. The van der Waals surface area contributed by atoms with Gasteiger partial charge in [0.2, 0.25) is 15.9 Å². The van der Waals surface area contributed by atoms with Crippen LogP contribution in [0, 0.1) is 0 Å². The fraction of sp³-hybridized carbons (Fsp3) is 0.562. The van der Waals surface area contributed by atoms with Crippen LogP contribution in [0.5, 0.6) is 0 Å². The largest absolute Gasteiger partial charge is 0.416 e. The lowest BCUT2D eigenvalue weighted by Crippen LogP contribution is -2.49. The van der Waals surface area contributed by atoms with Gasteiger partial charge >= 0.3 is 6.18 Å². The van der Waals surface area contributed by atoms with E-state index in [0.29, 0.717) is 25.9 Å². The van der Waals surface area contributed by atoms with Gasteiger partial charge in [0, 0.05) is 19.6 Å². The molecule has 152 valence electrons. The summed E-state index contributed by atoms with van der Waals surface area (Å²) >= 11 is 5.88. The number of alkyl halides is 3. The molecule has 1 atom stereocenters. The number of hydrogen-bond donors (Lipinski definition) is 1. The Morgan fingerprint density at radius 3 is 2.67 bits per heavy atom. The zero-order valence-corrected chi connectivity index (χ0v) is 16.5. The molecule has 0 spiro atoms. The van der Waals surface area contributed by atoms with Crippen molar-refractivity contribution >= 4 is 33.2 Å². The number of carbonyl (C=O) groups excluding carboxylic acids is 1. The van der Waals surface area contributed by atoms with Crippen molar-refractivity contribution in [3.8, 4) is 0 Å². The maximum absolute atomic E-state index is 12.8. The predicted octanol–water partition coefficient (Wildman–Crippen LogP) is 2.65. The van der Waals surface area contributed by atoms with Crippen LogP contribution in [0.2, 0.25) is 5.02 Å². The molecule has 0 aromatic heterocycles. The Labute approximate surface area is 161 Å². The summed E-state index contributed by atoms with van der Waals surface area (Å²) in [6.07, 6.45) is -2.03. The molecule has 1 aromatic carbocycles. The molecule has 0 aliphatic carbocycles. The molecule has 6 nitrogen and oxygen atoms in total. The number of likely N-dealkylation sites (N-methyl/N-ethyl adjacent to an activating group) is 1.